The zero-order chi connectivity index (χ0) is 11.5. The lowest BCUT2D eigenvalue weighted by Gasteiger charge is -2.25. The lowest BCUT2D eigenvalue weighted by molar-refractivity contribution is 0.115. The van der Waals surface area contributed by atoms with Crippen LogP contribution >= 0.6 is 12.4 Å². The van der Waals surface area contributed by atoms with Crippen LogP contribution in [0.4, 0.5) is 9.18 Å². The smallest absolute Gasteiger partial charge is 0.407 e. The second kappa shape index (κ2) is 5.72. The average Bonchev–Trinajstić information content (AvgIpc) is 2.28. The topological polar surface area (TPSA) is 47.6 Å². The first-order valence-corrected chi connectivity index (χ1v) is 4.97. The summed E-state index contributed by atoms with van der Waals surface area (Å²) in [6.45, 7) is 0.358. The first kappa shape index (κ1) is 13.6. The minimum atomic E-state index is -0.456. The predicted octanol–water partition coefficient (Wildman–Crippen LogP) is 2.43. The van der Waals surface area contributed by atoms with E-state index in [1.165, 1.54) is 19.2 Å². The van der Waals surface area contributed by atoms with Crippen LogP contribution < -0.4 is 10.1 Å². The fraction of sp³-hybridized carbons (Fsp3) is 0.364. The van der Waals surface area contributed by atoms with E-state index in [0.717, 1.165) is 5.56 Å². The van der Waals surface area contributed by atoms with Gasteiger partial charge in [-0.05, 0) is 6.07 Å². The van der Waals surface area contributed by atoms with Crippen LogP contribution in [0.5, 0.6) is 5.75 Å². The highest BCUT2D eigenvalue weighted by molar-refractivity contribution is 5.85. The van der Waals surface area contributed by atoms with Gasteiger partial charge in [0.1, 0.15) is 11.6 Å². The Hall–Kier alpha value is -1.49. The quantitative estimate of drug-likeness (QED) is 0.889. The van der Waals surface area contributed by atoms with Crippen molar-refractivity contribution in [3.63, 3.8) is 0 Å². The number of nitrogens with one attached hydrogen (secondary N) is 1. The third-order valence-corrected chi connectivity index (χ3v) is 2.50. The highest BCUT2D eigenvalue weighted by atomic mass is 35.5. The number of methoxy groups -OCH3 is 1. The summed E-state index contributed by atoms with van der Waals surface area (Å²) in [5.74, 6) is 0.0752. The molecule has 94 valence electrons. The maximum absolute atomic E-state index is 13.0. The molecule has 17 heavy (non-hydrogen) atoms. The fourth-order valence-electron chi connectivity index (χ4n) is 1.73. The maximum atomic E-state index is 13.0. The predicted molar refractivity (Wildman–Crippen MR) is 62.0 cm³/mol. The van der Waals surface area contributed by atoms with Crippen molar-refractivity contribution < 1.29 is 18.7 Å². The zero-order valence-corrected chi connectivity index (χ0v) is 10.1. The molecule has 0 aliphatic carbocycles. The molecule has 1 aromatic carbocycles. The number of hydrogen-bond acceptors (Lipinski definition) is 3. The Bertz CT molecular complexity index is 414. The van der Waals surface area contributed by atoms with E-state index in [-0.39, 0.29) is 24.3 Å². The monoisotopic (exact) mass is 261 g/mol. The molecule has 0 unspecified atom stereocenters. The molecule has 1 amide bonds. The maximum Gasteiger partial charge on any atom is 0.407 e. The van der Waals surface area contributed by atoms with Crippen LogP contribution in [0.15, 0.2) is 18.2 Å². The third kappa shape index (κ3) is 3.00. The third-order valence-electron chi connectivity index (χ3n) is 2.50. The van der Waals surface area contributed by atoms with Crippen molar-refractivity contribution in [2.75, 3.05) is 13.7 Å². The molecule has 1 aliphatic heterocycles. The van der Waals surface area contributed by atoms with E-state index in [1.807, 2.05) is 0 Å². The summed E-state index contributed by atoms with van der Waals surface area (Å²) in [4.78, 5) is 11.1. The van der Waals surface area contributed by atoms with E-state index >= 15 is 0 Å². The number of hydrogen-bond donors (Lipinski definition) is 1. The molecule has 0 aromatic heterocycles. The summed E-state index contributed by atoms with van der Waals surface area (Å²) in [7, 11) is 1.47. The molecule has 1 aliphatic rings. The minimum Gasteiger partial charge on any atom is -0.496 e. The summed E-state index contributed by atoms with van der Waals surface area (Å²) in [5.41, 5.74) is 0.764. The lowest BCUT2D eigenvalue weighted by Crippen LogP contribution is -2.35. The first-order chi connectivity index (χ1) is 7.70. The number of benzene rings is 1. The van der Waals surface area contributed by atoms with Crippen molar-refractivity contribution in [1.82, 2.24) is 5.32 Å². The number of carbonyl (C=O) groups is 1. The van der Waals surface area contributed by atoms with Crippen LogP contribution in [-0.4, -0.2) is 19.8 Å². The number of carbonyl (C=O) groups excluding carboxylic acids is 1. The van der Waals surface area contributed by atoms with Crippen LogP contribution in [0, 0.1) is 5.82 Å². The molecule has 4 nitrogen and oxygen atoms in total. The Morgan fingerprint density at radius 1 is 1.53 bits per heavy atom. The van der Waals surface area contributed by atoms with Gasteiger partial charge in [0.2, 0.25) is 0 Å². The number of rotatable bonds is 2. The minimum absolute atomic E-state index is 0. The van der Waals surface area contributed by atoms with E-state index in [9.17, 15) is 9.18 Å². The van der Waals surface area contributed by atoms with E-state index in [2.05, 4.69) is 5.32 Å². The van der Waals surface area contributed by atoms with Gasteiger partial charge in [-0.3, -0.25) is 0 Å². The molecule has 1 N–H and O–H groups in total. The number of halogens is 2. The highest BCUT2D eigenvalue weighted by Gasteiger charge is 2.23. The van der Waals surface area contributed by atoms with Gasteiger partial charge in [-0.2, -0.15) is 0 Å². The molecule has 1 aromatic rings. The summed E-state index contributed by atoms with van der Waals surface area (Å²) < 4.78 is 22.8. The number of cyclic esters (lactones) is 1. The molecule has 1 fully saturated rings. The van der Waals surface area contributed by atoms with Crippen molar-refractivity contribution in [2.24, 2.45) is 0 Å². The molecule has 0 saturated carbocycles. The van der Waals surface area contributed by atoms with E-state index in [0.29, 0.717) is 18.8 Å². The number of ether oxygens (including phenoxy) is 2. The molecular weight excluding hydrogens is 249 g/mol. The average molecular weight is 262 g/mol. The van der Waals surface area contributed by atoms with Gasteiger partial charge >= 0.3 is 6.09 Å². The lowest BCUT2D eigenvalue weighted by atomic mass is 10.0. The van der Waals surface area contributed by atoms with E-state index in [1.54, 1.807) is 6.07 Å². The van der Waals surface area contributed by atoms with Crippen LogP contribution in [0.3, 0.4) is 0 Å². The summed E-state index contributed by atoms with van der Waals surface area (Å²) in [6.07, 6.45) is 0.191. The molecule has 0 radical (unpaired) electrons. The van der Waals surface area contributed by atoms with Crippen LogP contribution in [-0.2, 0) is 4.74 Å². The molecule has 0 bridgehead atoms. The van der Waals surface area contributed by atoms with Gasteiger partial charge < -0.3 is 14.8 Å². The van der Waals surface area contributed by atoms with Crippen LogP contribution in [0.1, 0.15) is 18.0 Å². The normalized spacial score (nSPS) is 18.7. The number of alkyl carbamates (subject to hydrolysis) is 1. The first-order valence-electron chi connectivity index (χ1n) is 4.97. The molecule has 2 rings (SSSR count). The van der Waals surface area contributed by atoms with Crippen molar-refractivity contribution >= 4 is 18.5 Å². The second-order valence-corrected chi connectivity index (χ2v) is 3.51. The molecule has 1 heterocycles. The van der Waals surface area contributed by atoms with Gasteiger partial charge in [0.15, 0.2) is 0 Å². The largest absolute Gasteiger partial charge is 0.496 e. The molecule has 6 heteroatoms. The summed E-state index contributed by atoms with van der Waals surface area (Å²) >= 11 is 0. The van der Waals surface area contributed by atoms with Gasteiger partial charge in [-0.1, -0.05) is 6.07 Å². The Morgan fingerprint density at radius 3 is 2.94 bits per heavy atom. The zero-order valence-electron chi connectivity index (χ0n) is 9.23. The Kier molecular flexibility index (Phi) is 4.57. The van der Waals surface area contributed by atoms with Gasteiger partial charge in [-0.25, -0.2) is 9.18 Å². The SMILES string of the molecule is COc1cc(F)ccc1[C@@H]1CCOC(=O)N1.Cl. The van der Waals surface area contributed by atoms with Crippen molar-refractivity contribution in [1.29, 1.82) is 0 Å². The van der Waals surface area contributed by atoms with E-state index in [4.69, 9.17) is 9.47 Å². The van der Waals surface area contributed by atoms with Crippen molar-refractivity contribution in [3.05, 3.63) is 29.6 Å². The fourth-order valence-corrected chi connectivity index (χ4v) is 1.73. The molecule has 1 saturated heterocycles. The van der Waals surface area contributed by atoms with Gasteiger partial charge in [-0.15, -0.1) is 12.4 Å². The standard InChI is InChI=1S/C11H12FNO3.ClH/c1-15-10-6-7(12)2-3-8(10)9-4-5-16-11(14)13-9;/h2-3,6,9H,4-5H2,1H3,(H,13,14);1H/t9-;/m0./s1. The van der Waals surface area contributed by atoms with Crippen molar-refractivity contribution in [2.45, 2.75) is 12.5 Å². The summed E-state index contributed by atoms with van der Waals surface area (Å²) in [6, 6.07) is 4.08. The van der Waals surface area contributed by atoms with Gasteiger partial charge in [0.05, 0.1) is 19.8 Å². The Balaban J connectivity index is 0.00000144. The van der Waals surface area contributed by atoms with Crippen LogP contribution in [0.2, 0.25) is 0 Å². The van der Waals surface area contributed by atoms with E-state index < -0.39 is 6.09 Å². The molecule has 0 spiro atoms. The second-order valence-electron chi connectivity index (χ2n) is 3.51. The number of amides is 1. The van der Waals surface area contributed by atoms with Crippen molar-refractivity contribution in [3.8, 4) is 5.75 Å². The van der Waals surface area contributed by atoms with Gasteiger partial charge in [0.25, 0.3) is 0 Å². The molecule has 1 atom stereocenters. The Labute approximate surface area is 105 Å². The van der Waals surface area contributed by atoms with Crippen LogP contribution in [0.25, 0.3) is 0 Å². The summed E-state index contributed by atoms with van der Waals surface area (Å²) in [5, 5.41) is 2.66. The molecular formula is C11H13ClFNO3. The Morgan fingerprint density at radius 2 is 2.29 bits per heavy atom. The highest BCUT2D eigenvalue weighted by Crippen LogP contribution is 2.29. The van der Waals surface area contributed by atoms with Gasteiger partial charge in [0, 0.05) is 18.1 Å².